The predicted molar refractivity (Wildman–Crippen MR) is 116 cm³/mol. The lowest BCUT2D eigenvalue weighted by Crippen LogP contribution is -2.41. The van der Waals surface area contributed by atoms with Gasteiger partial charge in [0.25, 0.3) is 0 Å². The number of piperidine rings is 1. The van der Waals surface area contributed by atoms with Crippen LogP contribution in [0.1, 0.15) is 30.1 Å². The van der Waals surface area contributed by atoms with Gasteiger partial charge in [-0.05, 0) is 56.2 Å². The Morgan fingerprint density at radius 3 is 2.77 bits per heavy atom. The van der Waals surface area contributed by atoms with Crippen molar-refractivity contribution in [1.82, 2.24) is 10.2 Å². The normalized spacial score (nSPS) is 16.0. The number of ether oxygens (including phenoxy) is 1. The van der Waals surface area contributed by atoms with Crippen molar-refractivity contribution in [2.75, 3.05) is 29.9 Å². The average Bonchev–Trinajstić information content (AvgIpc) is 3.35. The first kappa shape index (κ1) is 20.6. The maximum atomic E-state index is 12.9. The van der Waals surface area contributed by atoms with Crippen molar-refractivity contribution in [3.8, 4) is 11.5 Å². The molecular weight excluding hydrogens is 396 g/mol. The summed E-state index contributed by atoms with van der Waals surface area (Å²) in [5.41, 5.74) is 1.48. The fourth-order valence-corrected chi connectivity index (χ4v) is 3.66. The van der Waals surface area contributed by atoms with Crippen LogP contribution in [0.4, 0.5) is 11.5 Å². The van der Waals surface area contributed by atoms with Gasteiger partial charge in [0.2, 0.25) is 5.91 Å². The van der Waals surface area contributed by atoms with Gasteiger partial charge in [0, 0.05) is 13.1 Å². The van der Waals surface area contributed by atoms with Crippen molar-refractivity contribution in [1.29, 1.82) is 0 Å². The summed E-state index contributed by atoms with van der Waals surface area (Å²) in [6.45, 7) is 3.36. The van der Waals surface area contributed by atoms with Crippen molar-refractivity contribution in [2.45, 2.75) is 19.8 Å². The molecule has 0 radical (unpaired) electrons. The summed E-state index contributed by atoms with van der Waals surface area (Å²) >= 11 is 0. The number of esters is 1. The van der Waals surface area contributed by atoms with Crippen LogP contribution in [-0.2, 0) is 9.53 Å². The Balaban J connectivity index is 1.43. The van der Waals surface area contributed by atoms with Crippen LogP contribution in [0.25, 0.3) is 11.5 Å². The number of para-hydroxylation sites is 1. The second-order valence-electron chi connectivity index (χ2n) is 7.29. The fourth-order valence-electron chi connectivity index (χ4n) is 3.66. The number of rotatable bonds is 6. The van der Waals surface area contributed by atoms with Gasteiger partial charge in [0.15, 0.2) is 11.6 Å². The SMILES string of the molecule is CCOC(=O)c1ccccc1NC(=O)C1CCCN(c2ccc(-c3ccco3)nn2)C1. The summed E-state index contributed by atoms with van der Waals surface area (Å²) in [4.78, 5) is 27.2. The van der Waals surface area contributed by atoms with Crippen LogP contribution < -0.4 is 10.2 Å². The van der Waals surface area contributed by atoms with Crippen LogP contribution in [-0.4, -0.2) is 41.8 Å². The van der Waals surface area contributed by atoms with E-state index in [-0.39, 0.29) is 18.4 Å². The molecule has 3 aromatic rings. The van der Waals surface area contributed by atoms with E-state index >= 15 is 0 Å². The third kappa shape index (κ3) is 4.74. The molecule has 3 heterocycles. The molecule has 31 heavy (non-hydrogen) atoms. The van der Waals surface area contributed by atoms with Crippen molar-refractivity contribution >= 4 is 23.4 Å². The van der Waals surface area contributed by atoms with E-state index in [0.717, 1.165) is 25.2 Å². The Hall–Kier alpha value is -3.68. The van der Waals surface area contributed by atoms with E-state index in [1.54, 1.807) is 43.5 Å². The Morgan fingerprint density at radius 2 is 2.03 bits per heavy atom. The lowest BCUT2D eigenvalue weighted by Gasteiger charge is -2.32. The Morgan fingerprint density at radius 1 is 1.16 bits per heavy atom. The maximum absolute atomic E-state index is 12.9. The number of furan rings is 1. The highest BCUT2D eigenvalue weighted by Gasteiger charge is 2.28. The molecular formula is C23H24N4O4. The summed E-state index contributed by atoms with van der Waals surface area (Å²) in [5.74, 6) is 0.586. The minimum atomic E-state index is -0.449. The van der Waals surface area contributed by atoms with Gasteiger partial charge in [-0.1, -0.05) is 12.1 Å². The zero-order valence-corrected chi connectivity index (χ0v) is 17.3. The second-order valence-corrected chi connectivity index (χ2v) is 7.29. The molecule has 1 saturated heterocycles. The molecule has 1 aliphatic rings. The van der Waals surface area contributed by atoms with Crippen LogP contribution in [0.5, 0.6) is 0 Å². The summed E-state index contributed by atoms with van der Waals surface area (Å²) in [7, 11) is 0. The zero-order chi connectivity index (χ0) is 21.6. The third-order valence-corrected chi connectivity index (χ3v) is 5.22. The standard InChI is InChI=1S/C23H24N4O4/c1-2-30-23(29)17-8-3-4-9-18(17)24-22(28)16-7-5-13-27(15-16)21-12-11-19(25-26-21)20-10-6-14-31-20/h3-4,6,8-12,14,16H,2,5,7,13,15H2,1H3,(H,24,28). The minimum Gasteiger partial charge on any atom is -0.463 e. The highest BCUT2D eigenvalue weighted by Crippen LogP contribution is 2.25. The first-order valence-electron chi connectivity index (χ1n) is 10.3. The van der Waals surface area contributed by atoms with Gasteiger partial charge in [-0.2, -0.15) is 0 Å². The van der Waals surface area contributed by atoms with Gasteiger partial charge in [0.1, 0.15) is 5.69 Å². The zero-order valence-electron chi connectivity index (χ0n) is 17.3. The molecule has 8 heteroatoms. The maximum Gasteiger partial charge on any atom is 0.340 e. The molecule has 2 aromatic heterocycles. The highest BCUT2D eigenvalue weighted by molar-refractivity contribution is 6.02. The summed E-state index contributed by atoms with van der Waals surface area (Å²) < 4.78 is 10.4. The molecule has 0 bridgehead atoms. The van der Waals surface area contributed by atoms with Crippen LogP contribution in [0, 0.1) is 5.92 Å². The molecule has 160 valence electrons. The number of hydrogen-bond donors (Lipinski definition) is 1. The smallest absolute Gasteiger partial charge is 0.340 e. The first-order chi connectivity index (χ1) is 15.2. The van der Waals surface area contributed by atoms with Gasteiger partial charge in [0.05, 0.1) is 30.0 Å². The van der Waals surface area contributed by atoms with Gasteiger partial charge < -0.3 is 19.4 Å². The molecule has 1 unspecified atom stereocenters. The van der Waals surface area contributed by atoms with E-state index in [1.165, 1.54) is 0 Å². The van der Waals surface area contributed by atoms with Crippen molar-refractivity contribution in [3.63, 3.8) is 0 Å². The fraction of sp³-hybridized carbons (Fsp3) is 0.304. The number of carbonyl (C=O) groups is 2. The average molecular weight is 420 g/mol. The van der Waals surface area contributed by atoms with E-state index in [2.05, 4.69) is 20.4 Å². The van der Waals surface area contributed by atoms with E-state index < -0.39 is 5.97 Å². The highest BCUT2D eigenvalue weighted by atomic mass is 16.5. The molecule has 4 rings (SSSR count). The van der Waals surface area contributed by atoms with Crippen LogP contribution in [0.3, 0.4) is 0 Å². The monoisotopic (exact) mass is 420 g/mol. The molecule has 1 N–H and O–H groups in total. The molecule has 0 spiro atoms. The van der Waals surface area contributed by atoms with Gasteiger partial charge in [-0.25, -0.2) is 4.79 Å². The van der Waals surface area contributed by atoms with Crippen molar-refractivity contribution < 1.29 is 18.7 Å². The van der Waals surface area contributed by atoms with E-state index in [4.69, 9.17) is 9.15 Å². The summed E-state index contributed by atoms with van der Waals surface area (Å²) in [6, 6.07) is 14.3. The van der Waals surface area contributed by atoms with Gasteiger partial charge in [-0.3, -0.25) is 4.79 Å². The Kier molecular flexibility index (Phi) is 6.26. The molecule has 1 aliphatic heterocycles. The predicted octanol–water partition coefficient (Wildman–Crippen LogP) is 3.77. The lowest BCUT2D eigenvalue weighted by atomic mass is 9.96. The first-order valence-corrected chi connectivity index (χ1v) is 10.3. The quantitative estimate of drug-likeness (QED) is 0.606. The van der Waals surface area contributed by atoms with Crippen LogP contribution in [0.2, 0.25) is 0 Å². The van der Waals surface area contributed by atoms with Crippen LogP contribution >= 0.6 is 0 Å². The number of benzene rings is 1. The van der Waals surface area contributed by atoms with Gasteiger partial charge >= 0.3 is 5.97 Å². The number of hydrogen-bond acceptors (Lipinski definition) is 7. The van der Waals surface area contributed by atoms with Crippen molar-refractivity contribution in [2.24, 2.45) is 5.92 Å². The largest absolute Gasteiger partial charge is 0.463 e. The third-order valence-electron chi connectivity index (χ3n) is 5.22. The summed E-state index contributed by atoms with van der Waals surface area (Å²) in [5, 5.41) is 11.5. The van der Waals surface area contributed by atoms with E-state index in [0.29, 0.717) is 29.2 Å². The van der Waals surface area contributed by atoms with Crippen molar-refractivity contribution in [3.05, 3.63) is 60.4 Å². The topological polar surface area (TPSA) is 97.6 Å². The number of nitrogens with zero attached hydrogens (tertiary/aromatic N) is 3. The molecule has 1 amide bonds. The number of amides is 1. The number of anilines is 2. The lowest BCUT2D eigenvalue weighted by molar-refractivity contribution is -0.120. The molecule has 0 saturated carbocycles. The summed E-state index contributed by atoms with van der Waals surface area (Å²) in [6.07, 6.45) is 3.22. The molecule has 1 aromatic carbocycles. The number of aromatic nitrogens is 2. The van der Waals surface area contributed by atoms with Gasteiger partial charge in [-0.15, -0.1) is 10.2 Å². The molecule has 1 atom stereocenters. The molecule has 1 fully saturated rings. The molecule has 8 nitrogen and oxygen atoms in total. The number of nitrogens with one attached hydrogen (secondary N) is 1. The Bertz CT molecular complexity index is 1030. The molecule has 0 aliphatic carbocycles. The van der Waals surface area contributed by atoms with E-state index in [9.17, 15) is 9.59 Å². The Labute approximate surface area is 180 Å². The van der Waals surface area contributed by atoms with Crippen LogP contribution in [0.15, 0.2) is 59.2 Å². The second kappa shape index (κ2) is 9.42. The van der Waals surface area contributed by atoms with E-state index in [1.807, 2.05) is 18.2 Å². The number of carbonyl (C=O) groups excluding carboxylic acids is 2. The minimum absolute atomic E-state index is 0.124.